The highest BCUT2D eigenvalue weighted by Crippen LogP contribution is 2.27. The number of nitrogens with one attached hydrogen (secondary N) is 1. The third-order valence-electron chi connectivity index (χ3n) is 3.74. The Morgan fingerprint density at radius 2 is 2.18 bits per heavy atom. The van der Waals surface area contributed by atoms with Crippen molar-refractivity contribution in [3.05, 3.63) is 0 Å². The van der Waals surface area contributed by atoms with Gasteiger partial charge in [0.25, 0.3) is 0 Å². The number of aliphatic carboxylic acids is 1. The first-order chi connectivity index (χ1) is 8.01. The van der Waals surface area contributed by atoms with Crippen LogP contribution in [0.4, 0.5) is 0 Å². The van der Waals surface area contributed by atoms with E-state index in [1.165, 1.54) is 0 Å². The van der Waals surface area contributed by atoms with Crippen LogP contribution >= 0.6 is 0 Å². The Balaban J connectivity index is 2.76. The Labute approximate surface area is 102 Å². The number of amides is 1. The summed E-state index contributed by atoms with van der Waals surface area (Å²) in [5.74, 6) is -0.477. The zero-order valence-electron chi connectivity index (χ0n) is 10.8. The van der Waals surface area contributed by atoms with Gasteiger partial charge >= 0.3 is 5.97 Å². The van der Waals surface area contributed by atoms with Gasteiger partial charge in [-0.15, -0.1) is 0 Å². The molecule has 2 N–H and O–H groups in total. The highest BCUT2D eigenvalue weighted by molar-refractivity contribution is 5.82. The van der Waals surface area contributed by atoms with Gasteiger partial charge in [0, 0.05) is 13.6 Å². The molecule has 5 nitrogen and oxygen atoms in total. The first-order valence-corrected chi connectivity index (χ1v) is 6.21. The van der Waals surface area contributed by atoms with E-state index >= 15 is 0 Å². The van der Waals surface area contributed by atoms with E-state index in [9.17, 15) is 14.7 Å². The summed E-state index contributed by atoms with van der Waals surface area (Å²) in [4.78, 5) is 24.7. The molecular formula is C12H22N2O3. The lowest BCUT2D eigenvalue weighted by Gasteiger charge is -2.39. The summed E-state index contributed by atoms with van der Waals surface area (Å²) in [5.41, 5.74) is 0. The van der Waals surface area contributed by atoms with E-state index in [1.54, 1.807) is 18.9 Å². The quantitative estimate of drug-likeness (QED) is 0.761. The number of carboxylic acids is 1. The van der Waals surface area contributed by atoms with Crippen LogP contribution in [0.1, 0.15) is 33.1 Å². The number of likely N-dealkylation sites (tertiary alicyclic amines) is 1. The van der Waals surface area contributed by atoms with Crippen LogP contribution < -0.4 is 5.32 Å². The van der Waals surface area contributed by atoms with E-state index in [0.29, 0.717) is 18.9 Å². The molecule has 3 unspecified atom stereocenters. The monoisotopic (exact) mass is 242 g/mol. The molecule has 5 heteroatoms. The van der Waals surface area contributed by atoms with Gasteiger partial charge in [-0.05, 0) is 25.7 Å². The predicted octanol–water partition coefficient (Wildman–Crippen LogP) is 0.696. The maximum absolute atomic E-state index is 11.6. The van der Waals surface area contributed by atoms with Gasteiger partial charge in [0.2, 0.25) is 5.91 Å². The largest absolute Gasteiger partial charge is 0.480 e. The van der Waals surface area contributed by atoms with E-state index < -0.39 is 12.0 Å². The molecule has 1 rings (SSSR count). The molecule has 1 aliphatic rings. The standard InChI is InChI=1S/C12H22N2O3/c1-4-9-5-6-14(8(2)11(15)13-3)10(7-9)12(16)17/h8-10H,4-7H2,1-3H3,(H,13,15)(H,16,17). The number of piperidine rings is 1. The lowest BCUT2D eigenvalue weighted by Crippen LogP contribution is -2.55. The smallest absolute Gasteiger partial charge is 0.320 e. The first kappa shape index (κ1) is 14.0. The van der Waals surface area contributed by atoms with E-state index in [-0.39, 0.29) is 11.9 Å². The van der Waals surface area contributed by atoms with Gasteiger partial charge < -0.3 is 10.4 Å². The number of nitrogens with zero attached hydrogens (tertiary/aromatic N) is 1. The first-order valence-electron chi connectivity index (χ1n) is 6.21. The zero-order chi connectivity index (χ0) is 13.0. The summed E-state index contributed by atoms with van der Waals surface area (Å²) in [6, 6.07) is -0.903. The van der Waals surface area contributed by atoms with Gasteiger partial charge in [-0.25, -0.2) is 0 Å². The number of carbonyl (C=O) groups is 2. The summed E-state index contributed by atoms with van der Waals surface area (Å²) in [6.45, 7) is 4.53. The van der Waals surface area contributed by atoms with Crippen LogP contribution in [-0.4, -0.2) is 47.6 Å². The fourth-order valence-electron chi connectivity index (χ4n) is 2.49. The highest BCUT2D eigenvalue weighted by Gasteiger charge is 2.37. The Hall–Kier alpha value is -1.10. The lowest BCUT2D eigenvalue weighted by molar-refractivity contribution is -0.148. The molecule has 0 aliphatic carbocycles. The minimum Gasteiger partial charge on any atom is -0.480 e. The van der Waals surface area contributed by atoms with Crippen molar-refractivity contribution < 1.29 is 14.7 Å². The molecule has 17 heavy (non-hydrogen) atoms. The van der Waals surface area contributed by atoms with E-state index in [2.05, 4.69) is 12.2 Å². The fraction of sp³-hybridized carbons (Fsp3) is 0.833. The van der Waals surface area contributed by atoms with Crippen LogP contribution in [0, 0.1) is 5.92 Å². The summed E-state index contributed by atoms with van der Waals surface area (Å²) in [7, 11) is 1.58. The molecule has 0 bridgehead atoms. The molecule has 98 valence electrons. The van der Waals surface area contributed by atoms with Gasteiger partial charge in [-0.3, -0.25) is 14.5 Å². The Bertz CT molecular complexity index is 293. The minimum absolute atomic E-state index is 0.119. The van der Waals surface area contributed by atoms with Crippen LogP contribution in [0.3, 0.4) is 0 Å². The second-order valence-electron chi connectivity index (χ2n) is 4.68. The van der Waals surface area contributed by atoms with Crippen molar-refractivity contribution in [3.63, 3.8) is 0 Å². The Morgan fingerprint density at radius 1 is 1.53 bits per heavy atom. The molecule has 1 aliphatic heterocycles. The van der Waals surface area contributed by atoms with Crippen molar-refractivity contribution in [2.75, 3.05) is 13.6 Å². The molecule has 0 spiro atoms. The molecule has 0 radical (unpaired) electrons. The van der Waals surface area contributed by atoms with Crippen molar-refractivity contribution >= 4 is 11.9 Å². The fourth-order valence-corrected chi connectivity index (χ4v) is 2.49. The average Bonchev–Trinajstić information content (AvgIpc) is 2.35. The second kappa shape index (κ2) is 6.00. The van der Waals surface area contributed by atoms with Crippen LogP contribution in [0.15, 0.2) is 0 Å². The number of carboxylic acid groups (broad SMARTS) is 1. The highest BCUT2D eigenvalue weighted by atomic mass is 16.4. The molecule has 0 saturated carbocycles. The van der Waals surface area contributed by atoms with Crippen molar-refractivity contribution in [1.82, 2.24) is 10.2 Å². The third kappa shape index (κ3) is 3.19. The predicted molar refractivity (Wildman–Crippen MR) is 64.7 cm³/mol. The van der Waals surface area contributed by atoms with Gasteiger partial charge in [0.1, 0.15) is 6.04 Å². The number of hydrogen-bond donors (Lipinski definition) is 2. The van der Waals surface area contributed by atoms with Crippen LogP contribution in [0.5, 0.6) is 0 Å². The normalized spacial score (nSPS) is 27.5. The van der Waals surface area contributed by atoms with Crippen LogP contribution in [0.25, 0.3) is 0 Å². The second-order valence-corrected chi connectivity index (χ2v) is 4.68. The summed E-state index contributed by atoms with van der Waals surface area (Å²) in [5, 5.41) is 11.8. The average molecular weight is 242 g/mol. The zero-order valence-corrected chi connectivity index (χ0v) is 10.8. The summed E-state index contributed by atoms with van der Waals surface area (Å²) in [6.07, 6.45) is 2.63. The molecule has 1 amide bonds. The van der Waals surface area contributed by atoms with Gasteiger partial charge in [0.15, 0.2) is 0 Å². The molecule has 1 fully saturated rings. The van der Waals surface area contributed by atoms with Crippen molar-refractivity contribution in [2.24, 2.45) is 5.92 Å². The molecule has 1 heterocycles. The third-order valence-corrected chi connectivity index (χ3v) is 3.74. The molecule has 0 aromatic rings. The van der Waals surface area contributed by atoms with Gasteiger partial charge in [0.05, 0.1) is 6.04 Å². The number of rotatable bonds is 4. The van der Waals surface area contributed by atoms with Crippen LogP contribution in [0.2, 0.25) is 0 Å². The maximum atomic E-state index is 11.6. The minimum atomic E-state index is -0.820. The number of likely N-dealkylation sites (N-methyl/N-ethyl adjacent to an activating group) is 1. The van der Waals surface area contributed by atoms with Gasteiger partial charge in [-0.1, -0.05) is 13.3 Å². The molecule has 3 atom stereocenters. The molecule has 0 aromatic heterocycles. The van der Waals surface area contributed by atoms with Crippen molar-refractivity contribution in [2.45, 2.75) is 45.2 Å². The Kier molecular flexibility index (Phi) is 4.93. The topological polar surface area (TPSA) is 69.6 Å². The molecular weight excluding hydrogens is 220 g/mol. The number of hydrogen-bond acceptors (Lipinski definition) is 3. The lowest BCUT2D eigenvalue weighted by atomic mass is 9.88. The van der Waals surface area contributed by atoms with Crippen molar-refractivity contribution in [1.29, 1.82) is 0 Å². The summed E-state index contributed by atoms with van der Waals surface area (Å²) >= 11 is 0. The van der Waals surface area contributed by atoms with E-state index in [4.69, 9.17) is 0 Å². The molecule has 0 aromatic carbocycles. The van der Waals surface area contributed by atoms with Crippen molar-refractivity contribution in [3.8, 4) is 0 Å². The number of carbonyl (C=O) groups excluding carboxylic acids is 1. The van der Waals surface area contributed by atoms with E-state index in [1.807, 2.05) is 0 Å². The van der Waals surface area contributed by atoms with E-state index in [0.717, 1.165) is 12.8 Å². The SMILES string of the molecule is CCC1CCN(C(C)C(=O)NC)C(C(=O)O)C1. The molecule has 1 saturated heterocycles. The van der Waals surface area contributed by atoms with Gasteiger partial charge in [-0.2, -0.15) is 0 Å². The Morgan fingerprint density at radius 3 is 2.65 bits per heavy atom. The maximum Gasteiger partial charge on any atom is 0.320 e. The summed E-state index contributed by atoms with van der Waals surface area (Å²) < 4.78 is 0. The van der Waals surface area contributed by atoms with Crippen LogP contribution in [-0.2, 0) is 9.59 Å².